The van der Waals surface area contributed by atoms with E-state index in [4.69, 9.17) is 11.6 Å². The molecule has 3 aliphatic carbocycles. The van der Waals surface area contributed by atoms with Crippen molar-refractivity contribution in [2.75, 3.05) is 22.9 Å². The molecule has 0 unspecified atom stereocenters. The summed E-state index contributed by atoms with van der Waals surface area (Å²) < 4.78 is 1.90. The third-order valence-electron chi connectivity index (χ3n) is 11.0. The van der Waals surface area contributed by atoms with Crippen LogP contribution >= 0.6 is 19.5 Å². The summed E-state index contributed by atoms with van der Waals surface area (Å²) in [6, 6.07) is 9.12. The van der Waals surface area contributed by atoms with Crippen molar-refractivity contribution in [2.24, 2.45) is 0 Å². The first kappa shape index (κ1) is 41.5. The zero-order valence-electron chi connectivity index (χ0n) is 30.4. The average molecular weight is 959 g/mol. The fourth-order valence-corrected chi connectivity index (χ4v) is 14.6. The second-order valence-corrected chi connectivity index (χ2v) is 19.8. The molecule has 1 saturated heterocycles. The fourth-order valence-electron chi connectivity index (χ4n) is 9.40. The summed E-state index contributed by atoms with van der Waals surface area (Å²) in [5.41, 5.74) is 16.1. The van der Waals surface area contributed by atoms with Crippen molar-refractivity contribution in [3.05, 3.63) is 73.5 Å². The Hall–Kier alpha value is 0.0455. The molecule has 4 fully saturated rings. The number of nitrogens with zero attached hydrogens (tertiary/aromatic N) is 2. The van der Waals surface area contributed by atoms with Crippen LogP contribution in [0.15, 0.2) is 33.4 Å². The predicted molar refractivity (Wildman–Crippen MR) is 210 cm³/mol. The van der Waals surface area contributed by atoms with Gasteiger partial charge in [-0.05, 0) is 141 Å². The predicted octanol–water partition coefficient (Wildman–Crippen LogP) is 12.0. The number of benzene rings is 2. The van der Waals surface area contributed by atoms with E-state index in [1.54, 1.807) is 96.3 Å². The van der Waals surface area contributed by atoms with Gasteiger partial charge in [0, 0.05) is 32.4 Å². The van der Waals surface area contributed by atoms with Crippen molar-refractivity contribution in [2.45, 2.75) is 155 Å². The van der Waals surface area contributed by atoms with E-state index in [1.165, 1.54) is 67.3 Å². The van der Waals surface area contributed by atoms with Gasteiger partial charge in [-0.15, -0.1) is 0 Å². The molecule has 0 N–H and O–H groups in total. The third kappa shape index (κ3) is 12.1. The van der Waals surface area contributed by atoms with Gasteiger partial charge in [-0.25, -0.2) is 0 Å². The van der Waals surface area contributed by atoms with Gasteiger partial charge in [-0.3, -0.25) is 0 Å². The van der Waals surface area contributed by atoms with E-state index in [-0.39, 0.29) is 27.4 Å². The first-order valence-corrected chi connectivity index (χ1v) is 23.0. The van der Waals surface area contributed by atoms with Crippen LogP contribution in [0, 0.1) is 48.2 Å². The number of anilines is 2. The topological polar surface area (TPSA) is 6.48 Å². The minimum atomic E-state index is -0.0465. The van der Waals surface area contributed by atoms with Crippen molar-refractivity contribution >= 4 is 56.7 Å². The van der Waals surface area contributed by atoms with Crippen LogP contribution in [0.3, 0.4) is 0 Å². The van der Waals surface area contributed by atoms with Crippen LogP contribution in [-0.4, -0.2) is 55.8 Å². The molecule has 47 heavy (non-hydrogen) atoms. The van der Waals surface area contributed by atoms with E-state index in [2.05, 4.69) is 82.3 Å². The van der Waals surface area contributed by atoms with E-state index >= 15 is 0 Å². The minimum Gasteiger partial charge on any atom is 1.00 e. The number of halogens is 1. The maximum atomic E-state index is 5.04. The summed E-state index contributed by atoms with van der Waals surface area (Å²) in [7, 11) is -0.0465. The number of rotatable bonds is 5. The Morgan fingerprint density at radius 2 is 0.872 bits per heavy atom. The molecule has 1 heterocycles. The van der Waals surface area contributed by atoms with Gasteiger partial charge in [0.2, 0.25) is 0 Å². The van der Waals surface area contributed by atoms with Crippen LogP contribution < -0.4 is 9.80 Å². The fraction of sp³-hybridized carbons (Fsp3) is 0.634. The zero-order valence-corrected chi connectivity index (χ0v) is 37.8. The van der Waals surface area contributed by atoms with Gasteiger partial charge in [-0.1, -0.05) is 54.7 Å². The van der Waals surface area contributed by atoms with Crippen LogP contribution in [-0.2, 0) is 19.5 Å². The van der Waals surface area contributed by atoms with Crippen molar-refractivity contribution in [1.82, 2.24) is 0 Å². The molecule has 2 aromatic carbocycles. The van der Waals surface area contributed by atoms with Gasteiger partial charge in [0.25, 0.3) is 0 Å². The second kappa shape index (κ2) is 21.4. The van der Waals surface area contributed by atoms with E-state index < -0.39 is 0 Å². The standard InChI is InChI=1S/C21H27N2.C18H33P.C2H2Cl.Pb.Ru/c1-14-9-16(3)20(17(4)10-14)22-7-8-23(13-22)21-18(5)11-15(2)12-19(21)6;1-4-10-16(11-5-1)19(17-12-6-2-7-13-17)18-14-8-3-9-15-18;1-2-3;;/h9-13H,7-8H2,1-6H3;16-18H,1-15H2;1-2H;;/q-1;;;;+1/p+1. The van der Waals surface area contributed by atoms with Crippen LogP contribution in [0.25, 0.3) is 0 Å². The molecular formula is C41H63ClN2PPbRu+. The maximum absolute atomic E-state index is 5.04. The smallest absolute Gasteiger partial charge is 1.00 e. The Balaban J connectivity index is 0.000000228. The van der Waals surface area contributed by atoms with Crippen molar-refractivity contribution in [3.63, 3.8) is 0 Å². The zero-order chi connectivity index (χ0) is 33.1. The molecule has 4 aliphatic rings. The van der Waals surface area contributed by atoms with E-state index in [0.717, 1.165) is 38.9 Å². The van der Waals surface area contributed by atoms with E-state index in [0.29, 0.717) is 0 Å². The Kier molecular flexibility index (Phi) is 18.9. The first-order valence-electron chi connectivity index (χ1n) is 18.6. The Morgan fingerprint density at radius 3 is 1.13 bits per heavy atom. The maximum Gasteiger partial charge on any atom is 1.00 e. The third-order valence-corrected chi connectivity index (χ3v) is 17.2. The Bertz CT molecular complexity index is 1090. The van der Waals surface area contributed by atoms with Gasteiger partial charge in [0.15, 0.2) is 0 Å². The van der Waals surface area contributed by atoms with Gasteiger partial charge >= 0.3 is 66.0 Å². The molecule has 4 radical (unpaired) electrons. The normalized spacial score (nSPS) is 19.7. The SMILES string of the molecule is C1CCC([PH+](C2CCCCC2)C2CCCCC2)CC1.Cc1cc(C)c(N2[CH-]N(c3c(C)cc(C)cc3C)CC2)c(C)c1.Cl/C=[CH]/[Pb].[Ru+]. The quantitative estimate of drug-likeness (QED) is 0.167. The molecule has 1 aliphatic heterocycles. The molecular weight excluding hydrogens is 895 g/mol. The van der Waals surface area contributed by atoms with Crippen molar-refractivity contribution in [3.8, 4) is 0 Å². The van der Waals surface area contributed by atoms with Gasteiger partial charge in [0.05, 0.1) is 17.0 Å². The monoisotopic (exact) mass is 959 g/mol. The van der Waals surface area contributed by atoms with Crippen LogP contribution in [0.4, 0.5) is 11.4 Å². The molecule has 0 spiro atoms. The Morgan fingerprint density at radius 1 is 0.596 bits per heavy atom. The van der Waals surface area contributed by atoms with Gasteiger partial charge in [-0.2, -0.15) is 6.67 Å². The number of hydrogen-bond donors (Lipinski definition) is 0. The average Bonchev–Trinajstić information content (AvgIpc) is 3.51. The number of hydrogen-bond acceptors (Lipinski definition) is 2. The second-order valence-electron chi connectivity index (χ2n) is 14.8. The molecule has 0 amide bonds. The van der Waals surface area contributed by atoms with Crippen LogP contribution in [0.1, 0.15) is 130 Å². The van der Waals surface area contributed by atoms with Crippen LogP contribution in [0.2, 0.25) is 0 Å². The summed E-state index contributed by atoms with van der Waals surface area (Å²) in [6.45, 7) is 17.6. The molecule has 3 saturated carbocycles. The molecule has 6 rings (SSSR count). The molecule has 0 atom stereocenters. The van der Waals surface area contributed by atoms with Gasteiger partial charge in [0.1, 0.15) is 0 Å². The summed E-state index contributed by atoms with van der Waals surface area (Å²) in [5, 5.41) is 0. The van der Waals surface area contributed by atoms with E-state index in [1.807, 2.05) is 3.64 Å². The summed E-state index contributed by atoms with van der Waals surface area (Å²) in [5.74, 6) is 0. The summed E-state index contributed by atoms with van der Waals surface area (Å²) in [6.07, 6.45) is 23.8. The van der Waals surface area contributed by atoms with Crippen molar-refractivity contribution < 1.29 is 19.5 Å². The molecule has 6 heteroatoms. The Labute approximate surface area is 324 Å². The molecule has 2 nitrogen and oxygen atoms in total. The van der Waals surface area contributed by atoms with E-state index in [9.17, 15) is 0 Å². The molecule has 0 aromatic heterocycles. The van der Waals surface area contributed by atoms with Crippen molar-refractivity contribution in [1.29, 1.82) is 0 Å². The minimum absolute atomic E-state index is 0. The summed E-state index contributed by atoms with van der Waals surface area (Å²) in [4.78, 5) is 4.81. The van der Waals surface area contributed by atoms with Gasteiger partial charge < -0.3 is 9.80 Å². The first-order chi connectivity index (χ1) is 22.2. The molecule has 2 aromatic rings. The molecule has 260 valence electrons. The number of aryl methyl sites for hydroxylation is 6. The van der Waals surface area contributed by atoms with Crippen LogP contribution in [0.5, 0.6) is 0 Å². The largest absolute Gasteiger partial charge is 1.00 e. The molecule has 0 bridgehead atoms. The summed E-state index contributed by atoms with van der Waals surface area (Å²) >= 11 is 6.12.